The minimum absolute atomic E-state index is 0. The normalized spacial score (nSPS) is 8.92. The molecule has 0 aromatic rings. The Morgan fingerprint density at radius 3 is 0.615 bits per heavy atom. The molecule has 0 saturated heterocycles. The predicted molar refractivity (Wildman–Crippen MR) is 39.9 cm³/mol. The number of hydrogen-bond donors (Lipinski definition) is 4. The smallest absolute Gasteiger partial charge is 0.264 e. The quantitative estimate of drug-likeness (QED) is 0.292. The van der Waals surface area contributed by atoms with Gasteiger partial charge in [-0.2, -0.15) is 16.8 Å². The summed E-state index contributed by atoms with van der Waals surface area (Å²) in [5.41, 5.74) is 0. The third-order valence-electron chi connectivity index (χ3n) is 0. The van der Waals surface area contributed by atoms with Gasteiger partial charge in [-0.3, -0.25) is 18.2 Å². The van der Waals surface area contributed by atoms with Gasteiger partial charge in [-0.15, -0.1) is 0 Å². The van der Waals surface area contributed by atoms with Gasteiger partial charge in [-0.05, 0) is 0 Å². The van der Waals surface area contributed by atoms with E-state index in [-0.39, 0.29) is 120 Å². The molecule has 3 radical (unpaired) electrons. The Morgan fingerprint density at radius 1 is 0.615 bits per heavy atom. The van der Waals surface area contributed by atoms with Crippen LogP contribution in [-0.4, -0.2) is 138 Å². The molecule has 8 nitrogen and oxygen atoms in total. The standard InChI is InChI=1S/Co.2K.2H2O4S/c;;;2*1-5(2,3)4/h;;;2*(H2,1,2,3,4). The molecule has 13 heteroatoms. The van der Waals surface area contributed by atoms with Crippen LogP contribution in [0.25, 0.3) is 0 Å². The second-order valence-corrected chi connectivity index (χ2v) is 2.69. The Hall–Kier alpha value is 3.52. The molecule has 0 aliphatic rings. The Balaban J connectivity index is -0.0000000267. The van der Waals surface area contributed by atoms with Gasteiger partial charge in [0.1, 0.15) is 0 Å². The van der Waals surface area contributed by atoms with Gasteiger partial charge in [0.25, 0.3) is 0 Å². The first-order valence-electron chi connectivity index (χ1n) is 1.40. The van der Waals surface area contributed by atoms with Gasteiger partial charge in [0, 0.05) is 120 Å². The molecule has 0 aromatic carbocycles. The Kier molecular flexibility index (Phi) is 31.3. The zero-order chi connectivity index (χ0) is 9.00. The van der Waals surface area contributed by atoms with E-state index in [1.165, 1.54) is 0 Å². The summed E-state index contributed by atoms with van der Waals surface area (Å²) < 4.78 is 63.2. The van der Waals surface area contributed by atoms with Crippen LogP contribution in [-0.2, 0) is 37.6 Å². The average molecular weight is 333 g/mol. The van der Waals surface area contributed by atoms with Crippen LogP contribution in [0.5, 0.6) is 0 Å². The molecule has 0 fully saturated rings. The maximum absolute atomic E-state index is 8.74. The largest absolute Gasteiger partial charge is 0.394 e. The van der Waals surface area contributed by atoms with E-state index < -0.39 is 20.8 Å². The van der Waals surface area contributed by atoms with Gasteiger partial charge >= 0.3 is 20.8 Å². The van der Waals surface area contributed by atoms with Gasteiger partial charge in [0.2, 0.25) is 0 Å². The maximum atomic E-state index is 8.74. The molecule has 0 amide bonds. The van der Waals surface area contributed by atoms with Crippen molar-refractivity contribution < 1.29 is 51.8 Å². The first-order valence-corrected chi connectivity index (χ1v) is 4.19. The summed E-state index contributed by atoms with van der Waals surface area (Å²) in [7, 11) is -9.33. The van der Waals surface area contributed by atoms with Crippen molar-refractivity contribution in [2.75, 3.05) is 0 Å². The minimum atomic E-state index is -4.67. The van der Waals surface area contributed by atoms with Crippen LogP contribution in [0, 0.1) is 0 Å². The van der Waals surface area contributed by atoms with Crippen LogP contribution < -0.4 is 0 Å². The zero-order valence-corrected chi connectivity index (χ0v) is 15.5. The molecule has 75 valence electrons. The van der Waals surface area contributed by atoms with Crippen molar-refractivity contribution >= 4 is 124 Å². The number of rotatable bonds is 0. The summed E-state index contributed by atoms with van der Waals surface area (Å²) in [6.07, 6.45) is 0. The average Bonchev–Trinajstić information content (AvgIpc) is 1.12. The van der Waals surface area contributed by atoms with Gasteiger partial charge in [0.15, 0.2) is 0 Å². The summed E-state index contributed by atoms with van der Waals surface area (Å²) in [5.74, 6) is 0. The second-order valence-electron chi connectivity index (χ2n) is 0.896. The number of hydrogen-bond acceptors (Lipinski definition) is 4. The molecule has 0 spiro atoms. The summed E-state index contributed by atoms with van der Waals surface area (Å²) in [6.45, 7) is 0. The van der Waals surface area contributed by atoms with E-state index in [1.54, 1.807) is 0 Å². The van der Waals surface area contributed by atoms with E-state index in [4.69, 9.17) is 35.0 Å². The van der Waals surface area contributed by atoms with Crippen molar-refractivity contribution in [1.82, 2.24) is 0 Å². The Labute approximate surface area is 171 Å². The van der Waals surface area contributed by atoms with Crippen molar-refractivity contribution in [3.63, 3.8) is 0 Å². The van der Waals surface area contributed by atoms with Crippen molar-refractivity contribution in [2.45, 2.75) is 0 Å². The first kappa shape index (κ1) is 30.0. The van der Waals surface area contributed by atoms with Crippen LogP contribution >= 0.6 is 0 Å². The van der Waals surface area contributed by atoms with Crippen molar-refractivity contribution in [2.24, 2.45) is 0 Å². The molecule has 0 aliphatic heterocycles. The molecule has 0 bridgehead atoms. The third-order valence-corrected chi connectivity index (χ3v) is 0. The van der Waals surface area contributed by atoms with Gasteiger partial charge in [-0.1, -0.05) is 0 Å². The fourth-order valence-corrected chi connectivity index (χ4v) is 0. The second kappa shape index (κ2) is 13.6. The van der Waals surface area contributed by atoms with Crippen LogP contribution in [0.2, 0.25) is 0 Å². The molecule has 13 heavy (non-hydrogen) atoms. The van der Waals surface area contributed by atoms with Gasteiger partial charge < -0.3 is 0 Å². The topological polar surface area (TPSA) is 149 Å². The molecule has 0 aromatic heterocycles. The molecule has 0 unspecified atom stereocenters. The summed E-state index contributed by atoms with van der Waals surface area (Å²) in [6, 6.07) is 0. The molecule has 0 aliphatic carbocycles. The van der Waals surface area contributed by atoms with Gasteiger partial charge in [0.05, 0.1) is 0 Å². The molecule has 4 N–H and O–H groups in total. The summed E-state index contributed by atoms with van der Waals surface area (Å²) >= 11 is 0. The van der Waals surface area contributed by atoms with E-state index in [0.717, 1.165) is 0 Å². The van der Waals surface area contributed by atoms with Crippen LogP contribution in [0.15, 0.2) is 0 Å². The van der Waals surface area contributed by atoms with E-state index in [2.05, 4.69) is 0 Å². The maximum Gasteiger partial charge on any atom is 0.394 e. The monoisotopic (exact) mass is 333 g/mol. The fraction of sp³-hybridized carbons (Fsp3) is 0. The fourth-order valence-electron chi connectivity index (χ4n) is 0. The van der Waals surface area contributed by atoms with Crippen LogP contribution in [0.4, 0.5) is 0 Å². The van der Waals surface area contributed by atoms with E-state index in [0.29, 0.717) is 0 Å². The van der Waals surface area contributed by atoms with Crippen molar-refractivity contribution in [3.05, 3.63) is 0 Å². The molecular formula is H4CoK2O8S2. The third kappa shape index (κ3) is 229. The Morgan fingerprint density at radius 2 is 0.615 bits per heavy atom. The molecule has 0 rings (SSSR count). The summed E-state index contributed by atoms with van der Waals surface area (Å²) in [5, 5.41) is 0. The van der Waals surface area contributed by atoms with Crippen molar-refractivity contribution in [1.29, 1.82) is 0 Å². The van der Waals surface area contributed by atoms with Crippen LogP contribution in [0.3, 0.4) is 0 Å². The van der Waals surface area contributed by atoms with E-state index in [1.807, 2.05) is 0 Å². The van der Waals surface area contributed by atoms with Crippen molar-refractivity contribution in [3.8, 4) is 0 Å². The minimum Gasteiger partial charge on any atom is -0.264 e. The summed E-state index contributed by atoms with van der Waals surface area (Å²) in [4.78, 5) is 0. The Bertz CT molecular complexity index is 217. The molecule has 0 atom stereocenters. The molecular weight excluding hydrogens is 329 g/mol. The molecule has 0 saturated carbocycles. The SMILES string of the molecule is O=S(=O)(O)O.O=S(=O)(O)O.[Co].[K].[K]. The van der Waals surface area contributed by atoms with E-state index in [9.17, 15) is 0 Å². The van der Waals surface area contributed by atoms with E-state index >= 15 is 0 Å². The van der Waals surface area contributed by atoms with Gasteiger partial charge in [-0.25, -0.2) is 0 Å². The first-order chi connectivity index (χ1) is 4.00. The van der Waals surface area contributed by atoms with Crippen LogP contribution in [0.1, 0.15) is 0 Å². The molecule has 0 heterocycles. The predicted octanol–water partition coefficient (Wildman–Crippen LogP) is -2.07. The zero-order valence-electron chi connectivity index (χ0n) is 6.57.